The number of rotatable bonds is 6. The SMILES string of the molecule is C[C@H](NC(=O)OCc1ccccc1)c1ncc(-c2ccc(B3OC(C)(C)C(C)(C)O3)cc2)[nH]1. The Kier molecular flexibility index (Phi) is 6.32. The van der Waals surface area contributed by atoms with E-state index in [1.165, 1.54) is 0 Å². The fourth-order valence-corrected chi connectivity index (χ4v) is 3.51. The van der Waals surface area contributed by atoms with E-state index >= 15 is 0 Å². The Bertz CT molecular complexity index is 1080. The average Bonchev–Trinajstić information content (AvgIpc) is 3.36. The summed E-state index contributed by atoms with van der Waals surface area (Å²) in [5.41, 5.74) is 2.99. The van der Waals surface area contributed by atoms with Crippen molar-refractivity contribution in [1.82, 2.24) is 15.3 Å². The third kappa shape index (κ3) is 5.12. The van der Waals surface area contributed by atoms with Crippen LogP contribution in [0.2, 0.25) is 0 Å². The molecule has 3 aromatic rings. The van der Waals surface area contributed by atoms with Crippen molar-refractivity contribution in [1.29, 1.82) is 0 Å². The van der Waals surface area contributed by atoms with E-state index in [0.29, 0.717) is 5.82 Å². The van der Waals surface area contributed by atoms with Crippen LogP contribution in [0.5, 0.6) is 0 Å². The standard InChI is InChI=1S/C25H30BN3O4/c1-17(28-23(30)31-16-18-9-7-6-8-10-18)22-27-15-21(29-22)19-11-13-20(14-12-19)26-32-24(2,3)25(4,5)33-26/h6-15,17H,16H2,1-5H3,(H,27,29)(H,28,30)/t17-/m0/s1. The lowest BCUT2D eigenvalue weighted by Gasteiger charge is -2.32. The van der Waals surface area contributed by atoms with Gasteiger partial charge < -0.3 is 24.3 Å². The Morgan fingerprint density at radius 1 is 1.06 bits per heavy atom. The Morgan fingerprint density at radius 3 is 2.33 bits per heavy atom. The Hall–Kier alpha value is -3.10. The highest BCUT2D eigenvalue weighted by molar-refractivity contribution is 6.62. The molecule has 0 saturated carbocycles. The second kappa shape index (κ2) is 9.04. The van der Waals surface area contributed by atoms with Gasteiger partial charge in [0.05, 0.1) is 29.1 Å². The average molecular weight is 447 g/mol. The maximum Gasteiger partial charge on any atom is 0.494 e. The summed E-state index contributed by atoms with van der Waals surface area (Å²) in [6, 6.07) is 17.2. The molecule has 7 nitrogen and oxygen atoms in total. The molecule has 0 aliphatic carbocycles. The van der Waals surface area contributed by atoms with Crippen LogP contribution in [-0.4, -0.2) is 34.4 Å². The summed E-state index contributed by atoms with van der Waals surface area (Å²) < 4.78 is 17.5. The fraction of sp³-hybridized carbons (Fsp3) is 0.360. The smallest absolute Gasteiger partial charge is 0.445 e. The summed E-state index contributed by atoms with van der Waals surface area (Å²) in [6.07, 6.45) is 1.27. The van der Waals surface area contributed by atoms with Gasteiger partial charge in [-0.05, 0) is 51.2 Å². The molecule has 1 aliphatic heterocycles. The molecule has 1 aromatic heterocycles. The number of alkyl carbamates (subject to hydrolysis) is 1. The van der Waals surface area contributed by atoms with Gasteiger partial charge in [-0.2, -0.15) is 0 Å². The first kappa shape index (κ1) is 23.1. The second-order valence-electron chi connectivity index (χ2n) is 9.32. The molecular formula is C25H30BN3O4. The van der Waals surface area contributed by atoms with E-state index in [1.54, 1.807) is 6.20 Å². The first-order chi connectivity index (χ1) is 15.6. The van der Waals surface area contributed by atoms with E-state index in [4.69, 9.17) is 14.0 Å². The van der Waals surface area contributed by atoms with Gasteiger partial charge in [-0.1, -0.05) is 54.6 Å². The quantitative estimate of drug-likeness (QED) is 0.549. The number of hydrogen-bond acceptors (Lipinski definition) is 5. The van der Waals surface area contributed by atoms with E-state index in [0.717, 1.165) is 22.3 Å². The van der Waals surface area contributed by atoms with Crippen LogP contribution in [0.25, 0.3) is 11.3 Å². The zero-order valence-corrected chi connectivity index (χ0v) is 19.7. The number of aromatic nitrogens is 2. The van der Waals surface area contributed by atoms with Crippen LogP contribution in [0.15, 0.2) is 60.8 Å². The number of carbonyl (C=O) groups is 1. The number of amides is 1. The lowest BCUT2D eigenvalue weighted by molar-refractivity contribution is 0.00578. The number of nitrogens with one attached hydrogen (secondary N) is 2. The molecule has 172 valence electrons. The van der Waals surface area contributed by atoms with Crippen molar-refractivity contribution in [3.8, 4) is 11.3 Å². The van der Waals surface area contributed by atoms with Gasteiger partial charge in [0.1, 0.15) is 12.4 Å². The molecular weight excluding hydrogens is 417 g/mol. The zero-order valence-electron chi connectivity index (χ0n) is 19.7. The molecule has 1 fully saturated rings. The molecule has 2 aromatic carbocycles. The maximum atomic E-state index is 12.1. The van der Waals surface area contributed by atoms with Crippen molar-refractivity contribution in [3.05, 3.63) is 72.2 Å². The van der Waals surface area contributed by atoms with E-state index in [9.17, 15) is 4.79 Å². The summed E-state index contributed by atoms with van der Waals surface area (Å²) in [4.78, 5) is 19.8. The zero-order chi connectivity index (χ0) is 23.6. The lowest BCUT2D eigenvalue weighted by Crippen LogP contribution is -2.41. The highest BCUT2D eigenvalue weighted by Gasteiger charge is 2.51. The Labute approximate surface area is 195 Å². The van der Waals surface area contributed by atoms with Gasteiger partial charge in [-0.3, -0.25) is 0 Å². The van der Waals surface area contributed by atoms with Crippen molar-refractivity contribution >= 4 is 18.7 Å². The van der Waals surface area contributed by atoms with E-state index in [2.05, 4.69) is 15.3 Å². The minimum absolute atomic E-state index is 0.220. The van der Waals surface area contributed by atoms with Crippen LogP contribution in [0.4, 0.5) is 4.79 Å². The third-order valence-electron chi connectivity index (χ3n) is 6.30. The van der Waals surface area contributed by atoms with Crippen LogP contribution >= 0.6 is 0 Å². The molecule has 33 heavy (non-hydrogen) atoms. The van der Waals surface area contributed by atoms with Gasteiger partial charge in [0.25, 0.3) is 0 Å². The van der Waals surface area contributed by atoms with E-state index < -0.39 is 13.2 Å². The topological polar surface area (TPSA) is 85.5 Å². The molecule has 0 spiro atoms. The van der Waals surface area contributed by atoms with Crippen LogP contribution in [-0.2, 0) is 20.7 Å². The van der Waals surface area contributed by atoms with Gasteiger partial charge in [0.15, 0.2) is 0 Å². The molecule has 0 bridgehead atoms. The minimum atomic E-state index is -0.490. The lowest BCUT2D eigenvalue weighted by atomic mass is 9.79. The number of benzene rings is 2. The molecule has 0 unspecified atom stereocenters. The van der Waals surface area contributed by atoms with Crippen LogP contribution in [0, 0.1) is 0 Å². The van der Waals surface area contributed by atoms with Crippen LogP contribution in [0.1, 0.15) is 52.0 Å². The number of ether oxygens (including phenoxy) is 1. The number of hydrogen-bond donors (Lipinski definition) is 2. The van der Waals surface area contributed by atoms with Crippen molar-refractivity contribution in [2.45, 2.75) is 58.5 Å². The van der Waals surface area contributed by atoms with E-state index in [1.807, 2.05) is 89.2 Å². The van der Waals surface area contributed by atoms with Gasteiger partial charge in [-0.15, -0.1) is 0 Å². The van der Waals surface area contributed by atoms with Crippen molar-refractivity contribution in [3.63, 3.8) is 0 Å². The molecule has 1 aliphatic rings. The summed E-state index contributed by atoms with van der Waals surface area (Å²) in [6.45, 7) is 10.2. The highest BCUT2D eigenvalue weighted by atomic mass is 16.7. The molecule has 2 N–H and O–H groups in total. The summed E-state index contributed by atoms with van der Waals surface area (Å²) >= 11 is 0. The normalized spacial score (nSPS) is 17.5. The van der Waals surface area contributed by atoms with Crippen molar-refractivity contribution < 1.29 is 18.8 Å². The van der Waals surface area contributed by atoms with Crippen molar-refractivity contribution in [2.75, 3.05) is 0 Å². The van der Waals surface area contributed by atoms with Crippen molar-refractivity contribution in [2.24, 2.45) is 0 Å². The molecule has 0 radical (unpaired) electrons. The molecule has 1 saturated heterocycles. The maximum absolute atomic E-state index is 12.1. The largest absolute Gasteiger partial charge is 0.494 e. The summed E-state index contributed by atoms with van der Waals surface area (Å²) in [5.74, 6) is 0.650. The van der Waals surface area contributed by atoms with Crippen LogP contribution in [0.3, 0.4) is 0 Å². The number of aromatic amines is 1. The fourth-order valence-electron chi connectivity index (χ4n) is 3.51. The van der Waals surface area contributed by atoms with Crippen LogP contribution < -0.4 is 10.8 Å². The molecule has 1 amide bonds. The summed E-state index contributed by atoms with van der Waals surface area (Å²) in [5, 5.41) is 2.80. The molecule has 8 heteroatoms. The predicted molar refractivity (Wildman–Crippen MR) is 128 cm³/mol. The first-order valence-electron chi connectivity index (χ1n) is 11.1. The van der Waals surface area contributed by atoms with Gasteiger partial charge in [0.2, 0.25) is 0 Å². The van der Waals surface area contributed by atoms with Gasteiger partial charge >= 0.3 is 13.2 Å². The Morgan fingerprint density at radius 2 is 1.70 bits per heavy atom. The second-order valence-corrected chi connectivity index (χ2v) is 9.32. The minimum Gasteiger partial charge on any atom is -0.445 e. The highest BCUT2D eigenvalue weighted by Crippen LogP contribution is 2.36. The summed E-state index contributed by atoms with van der Waals surface area (Å²) in [7, 11) is -0.396. The molecule has 1 atom stereocenters. The van der Waals surface area contributed by atoms with Gasteiger partial charge in [-0.25, -0.2) is 9.78 Å². The monoisotopic (exact) mass is 447 g/mol. The van der Waals surface area contributed by atoms with Gasteiger partial charge in [0, 0.05) is 0 Å². The third-order valence-corrected chi connectivity index (χ3v) is 6.30. The number of imidazole rings is 1. The van der Waals surface area contributed by atoms with E-state index in [-0.39, 0.29) is 23.9 Å². The predicted octanol–water partition coefficient (Wildman–Crippen LogP) is 4.36. The number of H-pyrrole nitrogens is 1. The first-order valence-corrected chi connectivity index (χ1v) is 11.1. The molecule has 2 heterocycles. The number of carbonyl (C=O) groups excluding carboxylic acids is 1. The Balaban J connectivity index is 1.35. The molecule has 4 rings (SSSR count). The number of nitrogens with zero attached hydrogens (tertiary/aromatic N) is 1.